The molecule has 0 spiro atoms. The maximum Gasteiger partial charge on any atom is 0.254 e. The van der Waals surface area contributed by atoms with Crippen LogP contribution in [-0.2, 0) is 9.53 Å². The summed E-state index contributed by atoms with van der Waals surface area (Å²) in [7, 11) is 0. The van der Waals surface area contributed by atoms with Crippen molar-refractivity contribution < 1.29 is 14.3 Å². The van der Waals surface area contributed by atoms with Crippen molar-refractivity contribution in [3.05, 3.63) is 42.5 Å². The second-order valence-corrected chi connectivity index (χ2v) is 6.57. The number of hydrogen-bond acceptors (Lipinski definition) is 6. The van der Waals surface area contributed by atoms with Crippen LogP contribution in [0.4, 0.5) is 0 Å². The van der Waals surface area contributed by atoms with E-state index >= 15 is 0 Å². The molecule has 4 rings (SSSR count). The van der Waals surface area contributed by atoms with Crippen LogP contribution >= 0.6 is 0 Å². The van der Waals surface area contributed by atoms with Crippen molar-refractivity contribution in [2.24, 2.45) is 0 Å². The number of nitrogens with zero attached hydrogens (tertiary/aromatic N) is 5. The first kappa shape index (κ1) is 17.6. The molecule has 0 unspecified atom stereocenters. The third kappa shape index (κ3) is 3.69. The Morgan fingerprint density at radius 3 is 2.44 bits per heavy atom. The molecule has 2 amide bonds. The summed E-state index contributed by atoms with van der Waals surface area (Å²) in [4.78, 5) is 29.5. The molecule has 9 nitrogen and oxygen atoms in total. The lowest BCUT2D eigenvalue weighted by Crippen LogP contribution is -2.61. The molecule has 1 aromatic heterocycles. The maximum absolute atomic E-state index is 13.1. The summed E-state index contributed by atoms with van der Waals surface area (Å²) >= 11 is 0. The van der Waals surface area contributed by atoms with Gasteiger partial charge in [0.05, 0.1) is 13.2 Å². The molecule has 9 heteroatoms. The van der Waals surface area contributed by atoms with Gasteiger partial charge in [0.15, 0.2) is 0 Å². The molecule has 1 atom stereocenters. The Balaban J connectivity index is 1.50. The van der Waals surface area contributed by atoms with Gasteiger partial charge >= 0.3 is 0 Å². The molecular formula is C18H22N6O3. The molecule has 2 aliphatic rings. The monoisotopic (exact) mass is 370 g/mol. The van der Waals surface area contributed by atoms with Crippen molar-refractivity contribution in [2.75, 3.05) is 45.9 Å². The number of benzene rings is 1. The van der Waals surface area contributed by atoms with Gasteiger partial charge in [-0.15, -0.1) is 10.2 Å². The average Bonchev–Trinajstić information content (AvgIpc) is 3.28. The van der Waals surface area contributed by atoms with Gasteiger partial charge in [0.1, 0.15) is 18.7 Å². The molecule has 1 N–H and O–H groups in total. The van der Waals surface area contributed by atoms with Crippen LogP contribution in [0.25, 0.3) is 5.69 Å². The number of carbonyl (C=O) groups is 2. The molecule has 0 radical (unpaired) electrons. The summed E-state index contributed by atoms with van der Waals surface area (Å²) in [5.41, 5.74) is 1.44. The van der Waals surface area contributed by atoms with Gasteiger partial charge in [-0.25, -0.2) is 0 Å². The van der Waals surface area contributed by atoms with E-state index in [0.29, 0.717) is 51.5 Å². The Kier molecular flexibility index (Phi) is 5.12. The Morgan fingerprint density at radius 2 is 1.74 bits per heavy atom. The lowest BCUT2D eigenvalue weighted by atomic mass is 10.1. The van der Waals surface area contributed by atoms with Gasteiger partial charge in [-0.3, -0.25) is 14.2 Å². The van der Waals surface area contributed by atoms with Crippen LogP contribution in [0.1, 0.15) is 10.4 Å². The Hall–Kier alpha value is -2.78. The van der Waals surface area contributed by atoms with Crippen LogP contribution in [-0.4, -0.2) is 88.4 Å². The number of amides is 2. The highest BCUT2D eigenvalue weighted by Gasteiger charge is 2.35. The van der Waals surface area contributed by atoms with Crippen LogP contribution in [0.2, 0.25) is 0 Å². The number of morpholine rings is 1. The standard InChI is InChI=1S/C18H22N6O3/c25-17(14-1-3-15(4-2-14)23-12-20-21-13-23)24-6-5-19-11-16(24)18(26)22-7-9-27-10-8-22/h1-4,12-13,16,19H,5-11H2/t16-/m1/s1. The van der Waals surface area contributed by atoms with Gasteiger partial charge in [-0.2, -0.15) is 0 Å². The first-order valence-electron chi connectivity index (χ1n) is 9.07. The van der Waals surface area contributed by atoms with E-state index in [0.717, 1.165) is 5.69 Å². The van der Waals surface area contributed by atoms with Crippen LogP contribution in [0, 0.1) is 0 Å². The Labute approximate surface area is 156 Å². The molecule has 2 fully saturated rings. The van der Waals surface area contributed by atoms with Crippen molar-refractivity contribution in [1.29, 1.82) is 0 Å². The molecule has 0 aliphatic carbocycles. The molecule has 0 bridgehead atoms. The second-order valence-electron chi connectivity index (χ2n) is 6.57. The maximum atomic E-state index is 13.1. The van der Waals surface area contributed by atoms with Crippen LogP contribution in [0.15, 0.2) is 36.9 Å². The molecule has 0 saturated carbocycles. The zero-order valence-electron chi connectivity index (χ0n) is 15.0. The quantitative estimate of drug-likeness (QED) is 0.786. The van der Waals surface area contributed by atoms with Gasteiger partial charge < -0.3 is 19.9 Å². The van der Waals surface area contributed by atoms with E-state index in [-0.39, 0.29) is 11.8 Å². The van der Waals surface area contributed by atoms with E-state index in [9.17, 15) is 9.59 Å². The van der Waals surface area contributed by atoms with E-state index < -0.39 is 6.04 Å². The summed E-state index contributed by atoms with van der Waals surface area (Å²) in [6.45, 7) is 3.90. The highest BCUT2D eigenvalue weighted by molar-refractivity contribution is 5.98. The Morgan fingerprint density at radius 1 is 1.04 bits per heavy atom. The predicted molar refractivity (Wildman–Crippen MR) is 96.5 cm³/mol. The SMILES string of the molecule is O=C([C@H]1CNCCN1C(=O)c1ccc(-n2cnnc2)cc1)N1CCOCC1. The molecule has 142 valence electrons. The highest BCUT2D eigenvalue weighted by atomic mass is 16.5. The number of aromatic nitrogens is 3. The fraction of sp³-hybridized carbons (Fsp3) is 0.444. The number of nitrogens with one attached hydrogen (secondary N) is 1. The summed E-state index contributed by atoms with van der Waals surface area (Å²) in [6.07, 6.45) is 3.20. The first-order chi connectivity index (χ1) is 13.2. The van der Waals surface area contributed by atoms with Crippen molar-refractivity contribution >= 4 is 11.8 Å². The topological polar surface area (TPSA) is 92.6 Å². The first-order valence-corrected chi connectivity index (χ1v) is 9.07. The molecule has 3 heterocycles. The molecule has 2 saturated heterocycles. The smallest absolute Gasteiger partial charge is 0.254 e. The summed E-state index contributed by atoms with van der Waals surface area (Å²) in [5, 5.41) is 10.8. The Bertz CT molecular complexity index is 786. The largest absolute Gasteiger partial charge is 0.378 e. The van der Waals surface area contributed by atoms with Crippen molar-refractivity contribution in [3.8, 4) is 5.69 Å². The van der Waals surface area contributed by atoms with Crippen LogP contribution in [0.5, 0.6) is 0 Å². The minimum absolute atomic E-state index is 0.0139. The minimum Gasteiger partial charge on any atom is -0.378 e. The van der Waals surface area contributed by atoms with Gasteiger partial charge in [-0.05, 0) is 24.3 Å². The normalized spacial score (nSPS) is 20.5. The van der Waals surface area contributed by atoms with E-state index in [1.165, 1.54) is 0 Å². The van der Waals surface area contributed by atoms with Crippen LogP contribution < -0.4 is 5.32 Å². The fourth-order valence-electron chi connectivity index (χ4n) is 3.44. The number of ether oxygens (including phenoxy) is 1. The third-order valence-electron chi connectivity index (χ3n) is 4.94. The van der Waals surface area contributed by atoms with E-state index in [1.807, 2.05) is 12.1 Å². The summed E-state index contributed by atoms with van der Waals surface area (Å²) in [6, 6.07) is 6.75. The molecular weight excluding hydrogens is 348 g/mol. The lowest BCUT2D eigenvalue weighted by Gasteiger charge is -2.39. The number of piperazine rings is 1. The summed E-state index contributed by atoms with van der Waals surface area (Å²) in [5.74, 6) is -0.140. The average molecular weight is 370 g/mol. The second kappa shape index (κ2) is 7.85. The highest BCUT2D eigenvalue weighted by Crippen LogP contribution is 2.16. The predicted octanol–water partition coefficient (Wildman–Crippen LogP) is -0.460. The van der Waals surface area contributed by atoms with Crippen molar-refractivity contribution in [3.63, 3.8) is 0 Å². The van der Waals surface area contributed by atoms with Gasteiger partial charge in [0.25, 0.3) is 5.91 Å². The van der Waals surface area contributed by atoms with E-state index in [4.69, 9.17) is 4.74 Å². The van der Waals surface area contributed by atoms with Gasteiger partial charge in [-0.1, -0.05) is 0 Å². The third-order valence-corrected chi connectivity index (χ3v) is 4.94. The zero-order chi connectivity index (χ0) is 18.6. The van der Waals surface area contributed by atoms with E-state index in [2.05, 4.69) is 15.5 Å². The zero-order valence-corrected chi connectivity index (χ0v) is 15.0. The molecule has 2 aromatic rings. The minimum atomic E-state index is -0.484. The van der Waals surface area contributed by atoms with Crippen molar-refractivity contribution in [1.82, 2.24) is 29.9 Å². The number of hydrogen-bond donors (Lipinski definition) is 1. The number of carbonyl (C=O) groups excluding carboxylic acids is 2. The molecule has 1 aromatic carbocycles. The van der Waals surface area contributed by atoms with E-state index in [1.54, 1.807) is 39.2 Å². The fourth-order valence-corrected chi connectivity index (χ4v) is 3.44. The van der Waals surface area contributed by atoms with Gasteiger partial charge in [0, 0.05) is 44.0 Å². The van der Waals surface area contributed by atoms with Gasteiger partial charge in [0.2, 0.25) is 5.91 Å². The van der Waals surface area contributed by atoms with Crippen molar-refractivity contribution in [2.45, 2.75) is 6.04 Å². The van der Waals surface area contributed by atoms with Crippen LogP contribution in [0.3, 0.4) is 0 Å². The number of rotatable bonds is 3. The summed E-state index contributed by atoms with van der Waals surface area (Å²) < 4.78 is 7.09. The lowest BCUT2D eigenvalue weighted by molar-refractivity contribution is -0.140. The molecule has 2 aliphatic heterocycles. The molecule has 27 heavy (non-hydrogen) atoms.